The molecule has 0 aromatic rings. The smallest absolute Gasteiger partial charge is 0.318 e. The number of rotatable bonds is 3. The van der Waals surface area contributed by atoms with Crippen molar-refractivity contribution in [1.82, 2.24) is 20.4 Å². The summed E-state index contributed by atoms with van der Waals surface area (Å²) < 4.78 is 0. The first-order valence-corrected chi connectivity index (χ1v) is 8.29. The molecule has 2 aliphatic heterocycles. The molecule has 0 aromatic heterocycles. The molecular weight excluding hydrogens is 268 g/mol. The number of urea groups is 1. The standard InChI is InChI=1S/C15H26N4O2/c20-14-13(17-15(21)18-9-6-16-7-10-18)3-1-2-8-19(14)11-12-4-5-12/h12-13,16H,1-11H2,(H,17,21)/t13-/m0/s1. The van der Waals surface area contributed by atoms with Crippen molar-refractivity contribution >= 4 is 11.9 Å². The van der Waals surface area contributed by atoms with Crippen LogP contribution in [0.3, 0.4) is 0 Å². The van der Waals surface area contributed by atoms with Crippen molar-refractivity contribution in [2.24, 2.45) is 5.92 Å². The van der Waals surface area contributed by atoms with E-state index in [1.165, 1.54) is 12.8 Å². The first-order valence-electron chi connectivity index (χ1n) is 8.29. The van der Waals surface area contributed by atoms with Crippen molar-refractivity contribution in [2.75, 3.05) is 39.3 Å². The lowest BCUT2D eigenvalue weighted by molar-refractivity contribution is -0.132. The normalized spacial score (nSPS) is 27.4. The minimum Gasteiger partial charge on any atom is -0.341 e. The lowest BCUT2D eigenvalue weighted by Gasteiger charge is -2.30. The number of nitrogens with one attached hydrogen (secondary N) is 2. The van der Waals surface area contributed by atoms with E-state index >= 15 is 0 Å². The molecule has 0 aromatic carbocycles. The molecule has 1 atom stereocenters. The molecule has 0 bridgehead atoms. The molecule has 2 saturated heterocycles. The maximum Gasteiger partial charge on any atom is 0.318 e. The predicted octanol–water partition coefficient (Wildman–Crippen LogP) is 0.392. The Morgan fingerprint density at radius 1 is 1.14 bits per heavy atom. The van der Waals surface area contributed by atoms with E-state index in [-0.39, 0.29) is 18.0 Å². The zero-order chi connectivity index (χ0) is 14.7. The minimum absolute atomic E-state index is 0.0804. The van der Waals surface area contributed by atoms with Gasteiger partial charge in [-0.3, -0.25) is 4.79 Å². The number of carbonyl (C=O) groups is 2. The van der Waals surface area contributed by atoms with Crippen LogP contribution in [0.15, 0.2) is 0 Å². The lowest BCUT2D eigenvalue weighted by atomic mass is 10.1. The third-order valence-electron chi connectivity index (χ3n) is 4.66. The largest absolute Gasteiger partial charge is 0.341 e. The quantitative estimate of drug-likeness (QED) is 0.791. The topological polar surface area (TPSA) is 64.7 Å². The molecule has 2 N–H and O–H groups in total. The van der Waals surface area contributed by atoms with Gasteiger partial charge in [0.25, 0.3) is 0 Å². The van der Waals surface area contributed by atoms with E-state index in [1.807, 2.05) is 4.90 Å². The highest BCUT2D eigenvalue weighted by Gasteiger charge is 2.33. The highest BCUT2D eigenvalue weighted by Crippen LogP contribution is 2.30. The molecule has 3 rings (SSSR count). The Morgan fingerprint density at radius 3 is 2.62 bits per heavy atom. The van der Waals surface area contributed by atoms with E-state index < -0.39 is 0 Å². The summed E-state index contributed by atoms with van der Waals surface area (Å²) in [5.74, 6) is 0.833. The van der Waals surface area contributed by atoms with E-state index in [1.54, 1.807) is 4.90 Å². The molecular formula is C15H26N4O2. The molecule has 6 heteroatoms. The van der Waals surface area contributed by atoms with E-state index in [2.05, 4.69) is 10.6 Å². The Hall–Kier alpha value is -1.30. The highest BCUT2D eigenvalue weighted by molar-refractivity contribution is 5.87. The molecule has 3 fully saturated rings. The van der Waals surface area contributed by atoms with Crippen molar-refractivity contribution in [3.63, 3.8) is 0 Å². The van der Waals surface area contributed by atoms with Gasteiger partial charge in [0, 0.05) is 39.3 Å². The van der Waals surface area contributed by atoms with Crippen LogP contribution in [0, 0.1) is 5.92 Å². The summed E-state index contributed by atoms with van der Waals surface area (Å²) in [6, 6.07) is -0.406. The van der Waals surface area contributed by atoms with Crippen LogP contribution in [-0.2, 0) is 4.79 Å². The van der Waals surface area contributed by atoms with Gasteiger partial charge in [-0.15, -0.1) is 0 Å². The Morgan fingerprint density at radius 2 is 1.90 bits per heavy atom. The number of amides is 3. The van der Waals surface area contributed by atoms with Crippen LogP contribution in [-0.4, -0.2) is 67.0 Å². The zero-order valence-corrected chi connectivity index (χ0v) is 12.6. The summed E-state index contributed by atoms with van der Waals surface area (Å²) in [7, 11) is 0. The fraction of sp³-hybridized carbons (Fsp3) is 0.867. The number of carbonyl (C=O) groups excluding carboxylic acids is 2. The fourth-order valence-corrected chi connectivity index (χ4v) is 3.14. The minimum atomic E-state index is -0.325. The second-order valence-corrected chi connectivity index (χ2v) is 6.46. The highest BCUT2D eigenvalue weighted by atomic mass is 16.2. The molecule has 6 nitrogen and oxygen atoms in total. The first-order chi connectivity index (χ1) is 10.2. The third kappa shape index (κ3) is 3.87. The van der Waals surface area contributed by atoms with Crippen LogP contribution in [0.25, 0.3) is 0 Å². The van der Waals surface area contributed by atoms with Gasteiger partial charge in [-0.05, 0) is 38.0 Å². The van der Waals surface area contributed by atoms with Gasteiger partial charge in [-0.1, -0.05) is 0 Å². The second-order valence-electron chi connectivity index (χ2n) is 6.46. The van der Waals surface area contributed by atoms with Crippen LogP contribution >= 0.6 is 0 Å². The average Bonchev–Trinajstić information content (AvgIpc) is 3.33. The SMILES string of the molecule is O=C(N[C@H]1CCCCN(CC2CC2)C1=O)N1CCNCC1. The number of nitrogens with zero attached hydrogens (tertiary/aromatic N) is 2. The summed E-state index contributed by atoms with van der Waals surface area (Å²) in [6.45, 7) is 4.85. The number of hydrogen-bond donors (Lipinski definition) is 2. The maximum atomic E-state index is 12.6. The van der Waals surface area contributed by atoms with Crippen molar-refractivity contribution in [3.05, 3.63) is 0 Å². The van der Waals surface area contributed by atoms with Crippen molar-refractivity contribution in [2.45, 2.75) is 38.1 Å². The van der Waals surface area contributed by atoms with E-state index in [9.17, 15) is 9.59 Å². The van der Waals surface area contributed by atoms with Gasteiger partial charge in [-0.2, -0.15) is 0 Å². The summed E-state index contributed by atoms with van der Waals surface area (Å²) in [6.07, 6.45) is 5.35. The van der Waals surface area contributed by atoms with Crippen LogP contribution in [0.2, 0.25) is 0 Å². The summed E-state index contributed by atoms with van der Waals surface area (Å²) >= 11 is 0. The molecule has 21 heavy (non-hydrogen) atoms. The zero-order valence-electron chi connectivity index (χ0n) is 12.6. The van der Waals surface area contributed by atoms with Gasteiger partial charge in [-0.25, -0.2) is 4.79 Å². The Kier molecular flexibility index (Phi) is 4.63. The number of piperazine rings is 1. The van der Waals surface area contributed by atoms with Gasteiger partial charge < -0.3 is 20.4 Å². The monoisotopic (exact) mass is 294 g/mol. The maximum absolute atomic E-state index is 12.6. The Balaban J connectivity index is 1.56. The second kappa shape index (κ2) is 6.64. The van der Waals surface area contributed by atoms with E-state index in [0.717, 1.165) is 58.5 Å². The van der Waals surface area contributed by atoms with Crippen LogP contribution in [0.1, 0.15) is 32.1 Å². The summed E-state index contributed by atoms with van der Waals surface area (Å²) in [5, 5.41) is 6.20. The molecule has 0 spiro atoms. The summed E-state index contributed by atoms with van der Waals surface area (Å²) in [5.41, 5.74) is 0. The number of likely N-dealkylation sites (tertiary alicyclic amines) is 1. The fourth-order valence-electron chi connectivity index (χ4n) is 3.14. The lowest BCUT2D eigenvalue weighted by Crippen LogP contribution is -2.55. The van der Waals surface area contributed by atoms with Crippen LogP contribution in [0.4, 0.5) is 4.79 Å². The molecule has 0 unspecified atom stereocenters. The van der Waals surface area contributed by atoms with Crippen LogP contribution < -0.4 is 10.6 Å². The molecule has 0 radical (unpaired) electrons. The number of hydrogen-bond acceptors (Lipinski definition) is 3. The van der Waals surface area contributed by atoms with E-state index in [4.69, 9.17) is 0 Å². The molecule has 1 saturated carbocycles. The van der Waals surface area contributed by atoms with Gasteiger partial charge in [0.2, 0.25) is 5.91 Å². The van der Waals surface area contributed by atoms with Gasteiger partial charge >= 0.3 is 6.03 Å². The first kappa shape index (κ1) is 14.6. The average molecular weight is 294 g/mol. The molecule has 2 heterocycles. The third-order valence-corrected chi connectivity index (χ3v) is 4.66. The summed E-state index contributed by atoms with van der Waals surface area (Å²) in [4.78, 5) is 28.7. The van der Waals surface area contributed by atoms with Gasteiger partial charge in [0.15, 0.2) is 0 Å². The molecule has 1 aliphatic carbocycles. The van der Waals surface area contributed by atoms with Crippen molar-refractivity contribution in [3.8, 4) is 0 Å². The van der Waals surface area contributed by atoms with E-state index in [0.29, 0.717) is 5.92 Å². The predicted molar refractivity (Wildman–Crippen MR) is 79.9 cm³/mol. The molecule has 3 aliphatic rings. The molecule has 118 valence electrons. The van der Waals surface area contributed by atoms with Crippen molar-refractivity contribution in [1.29, 1.82) is 0 Å². The Labute approximate surface area is 126 Å². The van der Waals surface area contributed by atoms with Gasteiger partial charge in [0.05, 0.1) is 0 Å². The van der Waals surface area contributed by atoms with Crippen LogP contribution in [0.5, 0.6) is 0 Å². The van der Waals surface area contributed by atoms with Crippen molar-refractivity contribution < 1.29 is 9.59 Å². The van der Waals surface area contributed by atoms with Gasteiger partial charge in [0.1, 0.15) is 6.04 Å². The molecule has 3 amide bonds. The Bertz CT molecular complexity index is 391.